The van der Waals surface area contributed by atoms with Crippen molar-refractivity contribution >= 4 is 15.7 Å². The fraction of sp³-hybridized carbons (Fsp3) is 0.929. The van der Waals surface area contributed by atoms with Crippen molar-refractivity contribution in [3.8, 4) is 0 Å². The van der Waals surface area contributed by atoms with E-state index in [2.05, 4.69) is 19.2 Å². The van der Waals surface area contributed by atoms with Crippen LogP contribution in [0.15, 0.2) is 0 Å². The lowest BCUT2D eigenvalue weighted by atomic mass is 10.2. The van der Waals surface area contributed by atoms with Gasteiger partial charge in [0.2, 0.25) is 5.91 Å². The van der Waals surface area contributed by atoms with Crippen LogP contribution in [-0.2, 0) is 14.6 Å². The van der Waals surface area contributed by atoms with Gasteiger partial charge in [-0.05, 0) is 26.2 Å². The van der Waals surface area contributed by atoms with E-state index in [1.165, 1.54) is 0 Å². The first-order valence-electron chi connectivity index (χ1n) is 7.62. The van der Waals surface area contributed by atoms with Crippen LogP contribution in [0.2, 0.25) is 0 Å². The largest absolute Gasteiger partial charge is 0.338 e. The predicted molar refractivity (Wildman–Crippen MR) is 81.4 cm³/mol. The molecule has 2 atom stereocenters. The molecule has 0 saturated carbocycles. The fourth-order valence-corrected chi connectivity index (χ4v) is 4.10. The predicted octanol–water partition coefficient (Wildman–Crippen LogP) is 1.19. The Labute approximate surface area is 123 Å². The number of nitrogens with zero attached hydrogens (tertiary/aromatic N) is 1. The lowest BCUT2D eigenvalue weighted by molar-refractivity contribution is -0.132. The molecule has 0 aromatic carbocycles. The normalized spacial score (nSPS) is 22.6. The van der Waals surface area contributed by atoms with Crippen LogP contribution in [0.4, 0.5) is 0 Å². The first kappa shape index (κ1) is 17.4. The van der Waals surface area contributed by atoms with Gasteiger partial charge in [0.15, 0.2) is 9.84 Å². The van der Waals surface area contributed by atoms with Crippen molar-refractivity contribution in [3.63, 3.8) is 0 Å². The smallest absolute Gasteiger partial charge is 0.236 e. The number of rotatable bonds is 8. The number of carbonyl (C=O) groups is 1. The Morgan fingerprint density at radius 1 is 1.40 bits per heavy atom. The number of sulfone groups is 1. The molecule has 0 aliphatic carbocycles. The Balaban J connectivity index is 2.61. The van der Waals surface area contributed by atoms with Crippen molar-refractivity contribution in [1.29, 1.82) is 0 Å². The highest BCUT2D eigenvalue weighted by atomic mass is 32.2. The summed E-state index contributed by atoms with van der Waals surface area (Å²) in [5.41, 5.74) is 0. The van der Waals surface area contributed by atoms with Gasteiger partial charge in [-0.15, -0.1) is 0 Å². The SMILES string of the molecule is CCCCN(C(=O)CNC(C)CC)C1CCS(=O)(=O)C1. The molecule has 20 heavy (non-hydrogen) atoms. The fourth-order valence-electron chi connectivity index (χ4n) is 2.37. The van der Waals surface area contributed by atoms with Gasteiger partial charge in [-0.25, -0.2) is 8.42 Å². The molecule has 5 nitrogen and oxygen atoms in total. The molecule has 0 radical (unpaired) electrons. The van der Waals surface area contributed by atoms with Crippen LogP contribution in [-0.4, -0.2) is 55.9 Å². The van der Waals surface area contributed by atoms with E-state index in [9.17, 15) is 13.2 Å². The van der Waals surface area contributed by atoms with Crippen molar-refractivity contribution in [2.45, 2.75) is 58.5 Å². The standard InChI is InChI=1S/C14H28N2O3S/c1-4-6-8-16(13-7-9-20(18,19)11-13)14(17)10-15-12(3)5-2/h12-13,15H,4-11H2,1-3H3. The van der Waals surface area contributed by atoms with Gasteiger partial charge >= 0.3 is 0 Å². The average Bonchev–Trinajstić information content (AvgIpc) is 2.76. The second-order valence-electron chi connectivity index (χ2n) is 5.69. The number of carbonyl (C=O) groups excluding carboxylic acids is 1. The maximum Gasteiger partial charge on any atom is 0.236 e. The van der Waals surface area contributed by atoms with E-state index < -0.39 is 9.84 Å². The van der Waals surface area contributed by atoms with Crippen LogP contribution < -0.4 is 5.32 Å². The zero-order chi connectivity index (χ0) is 15.2. The number of hydrogen-bond donors (Lipinski definition) is 1. The van der Waals surface area contributed by atoms with E-state index in [-0.39, 0.29) is 23.5 Å². The Bertz CT molecular complexity index is 409. The van der Waals surface area contributed by atoms with Crippen LogP contribution in [0.25, 0.3) is 0 Å². The van der Waals surface area contributed by atoms with E-state index in [4.69, 9.17) is 0 Å². The number of amides is 1. The van der Waals surface area contributed by atoms with Gasteiger partial charge in [0.1, 0.15) is 0 Å². The quantitative estimate of drug-likeness (QED) is 0.731. The topological polar surface area (TPSA) is 66.5 Å². The lowest BCUT2D eigenvalue weighted by Crippen LogP contribution is -2.47. The van der Waals surface area contributed by atoms with Gasteiger partial charge in [-0.1, -0.05) is 20.3 Å². The van der Waals surface area contributed by atoms with Crippen LogP contribution in [0.5, 0.6) is 0 Å². The molecule has 1 aliphatic heterocycles. The minimum atomic E-state index is -2.95. The Morgan fingerprint density at radius 2 is 2.10 bits per heavy atom. The second-order valence-corrected chi connectivity index (χ2v) is 7.92. The Hall–Kier alpha value is -0.620. The molecule has 1 aliphatic rings. The number of hydrogen-bond acceptors (Lipinski definition) is 4. The van der Waals surface area contributed by atoms with Gasteiger partial charge in [0.05, 0.1) is 18.1 Å². The highest BCUT2D eigenvalue weighted by Gasteiger charge is 2.34. The van der Waals surface area contributed by atoms with Gasteiger partial charge in [-0.2, -0.15) is 0 Å². The molecule has 6 heteroatoms. The summed E-state index contributed by atoms with van der Waals surface area (Å²) < 4.78 is 23.2. The van der Waals surface area contributed by atoms with Crippen LogP contribution in [0.1, 0.15) is 46.5 Å². The zero-order valence-corrected chi connectivity index (χ0v) is 13.7. The van der Waals surface area contributed by atoms with Crippen LogP contribution >= 0.6 is 0 Å². The van der Waals surface area contributed by atoms with Gasteiger partial charge in [0, 0.05) is 18.6 Å². The number of unbranched alkanes of at least 4 members (excludes halogenated alkanes) is 1. The van der Waals surface area contributed by atoms with E-state index in [1.54, 1.807) is 4.90 Å². The lowest BCUT2D eigenvalue weighted by Gasteiger charge is -2.29. The monoisotopic (exact) mass is 304 g/mol. The van der Waals surface area contributed by atoms with E-state index in [1.807, 2.05) is 6.92 Å². The van der Waals surface area contributed by atoms with Crippen molar-refractivity contribution in [1.82, 2.24) is 10.2 Å². The summed E-state index contributed by atoms with van der Waals surface area (Å²) >= 11 is 0. The summed E-state index contributed by atoms with van der Waals surface area (Å²) in [7, 11) is -2.95. The molecular weight excluding hydrogens is 276 g/mol. The molecule has 2 unspecified atom stereocenters. The van der Waals surface area contributed by atoms with Crippen LogP contribution in [0.3, 0.4) is 0 Å². The summed E-state index contributed by atoms with van der Waals surface area (Å²) in [5, 5.41) is 3.19. The molecule has 0 aromatic heterocycles. The molecule has 0 spiro atoms. The minimum Gasteiger partial charge on any atom is -0.338 e. The van der Waals surface area contributed by atoms with Crippen LogP contribution in [0, 0.1) is 0 Å². The van der Waals surface area contributed by atoms with Crippen molar-refractivity contribution in [2.24, 2.45) is 0 Å². The Kier molecular flexibility index (Phi) is 6.95. The summed E-state index contributed by atoms with van der Waals surface area (Å²) in [4.78, 5) is 14.1. The Morgan fingerprint density at radius 3 is 2.60 bits per heavy atom. The molecule has 0 aromatic rings. The molecule has 0 bridgehead atoms. The average molecular weight is 304 g/mol. The van der Waals surface area contributed by atoms with Gasteiger partial charge < -0.3 is 10.2 Å². The maximum atomic E-state index is 12.3. The molecular formula is C14H28N2O3S. The molecule has 1 fully saturated rings. The third-order valence-electron chi connectivity index (χ3n) is 3.94. The van der Waals surface area contributed by atoms with E-state index in [0.717, 1.165) is 19.3 Å². The zero-order valence-electron chi connectivity index (χ0n) is 12.9. The first-order chi connectivity index (χ1) is 9.39. The van der Waals surface area contributed by atoms with E-state index >= 15 is 0 Å². The molecule has 118 valence electrons. The highest BCUT2D eigenvalue weighted by molar-refractivity contribution is 7.91. The van der Waals surface area contributed by atoms with Crippen molar-refractivity contribution in [2.75, 3.05) is 24.6 Å². The third-order valence-corrected chi connectivity index (χ3v) is 5.69. The summed E-state index contributed by atoms with van der Waals surface area (Å²) in [6.45, 7) is 7.16. The second kappa shape index (κ2) is 7.98. The molecule has 1 saturated heterocycles. The molecule has 1 rings (SSSR count). The summed E-state index contributed by atoms with van der Waals surface area (Å²) in [6.07, 6.45) is 3.48. The highest BCUT2D eigenvalue weighted by Crippen LogP contribution is 2.18. The van der Waals surface area contributed by atoms with Gasteiger partial charge in [-0.3, -0.25) is 4.79 Å². The van der Waals surface area contributed by atoms with Crippen molar-refractivity contribution in [3.05, 3.63) is 0 Å². The molecule has 1 amide bonds. The van der Waals surface area contributed by atoms with E-state index in [0.29, 0.717) is 25.6 Å². The minimum absolute atomic E-state index is 0.0286. The first-order valence-corrected chi connectivity index (χ1v) is 9.45. The van der Waals surface area contributed by atoms with Crippen molar-refractivity contribution < 1.29 is 13.2 Å². The maximum absolute atomic E-state index is 12.3. The molecule has 1 N–H and O–H groups in total. The molecule has 1 heterocycles. The third kappa shape index (κ3) is 5.40. The van der Waals surface area contributed by atoms with Gasteiger partial charge in [0.25, 0.3) is 0 Å². The summed E-state index contributed by atoms with van der Waals surface area (Å²) in [6, 6.07) is 0.178. The number of nitrogens with one attached hydrogen (secondary N) is 1. The summed E-state index contributed by atoms with van der Waals surface area (Å²) in [5.74, 6) is 0.374.